The highest BCUT2D eigenvalue weighted by atomic mass is 16.5. The molecule has 1 unspecified atom stereocenters. The summed E-state index contributed by atoms with van der Waals surface area (Å²) in [5, 5.41) is 2.19. The molecule has 0 aliphatic heterocycles. The zero-order chi connectivity index (χ0) is 16.9. The molecule has 0 bridgehead atoms. The highest BCUT2D eigenvalue weighted by Gasteiger charge is 2.09. The van der Waals surface area contributed by atoms with Crippen molar-refractivity contribution in [1.82, 2.24) is 0 Å². The molecule has 0 saturated carbocycles. The molecule has 0 aromatic heterocycles. The molecule has 0 heterocycles. The minimum absolute atomic E-state index is 0.249. The summed E-state index contributed by atoms with van der Waals surface area (Å²) < 4.78 is 11.1. The van der Waals surface area contributed by atoms with Crippen LogP contribution in [-0.4, -0.2) is 5.97 Å². The molecule has 0 N–H and O–H groups in total. The Morgan fingerprint density at radius 2 is 1.67 bits per heavy atom. The maximum atomic E-state index is 11.1. The first kappa shape index (κ1) is 16.1. The van der Waals surface area contributed by atoms with E-state index in [1.54, 1.807) is 0 Å². The Hall–Kier alpha value is -2.81. The number of carbonyl (C=O) groups is 1. The SMILES string of the molecule is CC(=O)OC(C)c1ccc2cc(OCc3ccccc3)ccc2c1. The zero-order valence-corrected chi connectivity index (χ0v) is 13.9. The minimum atomic E-state index is -0.271. The second-order valence-corrected chi connectivity index (χ2v) is 5.79. The van der Waals surface area contributed by atoms with Gasteiger partial charge >= 0.3 is 5.97 Å². The second kappa shape index (κ2) is 7.18. The van der Waals surface area contributed by atoms with Crippen molar-refractivity contribution >= 4 is 16.7 Å². The lowest BCUT2D eigenvalue weighted by Crippen LogP contribution is -2.04. The van der Waals surface area contributed by atoms with Crippen molar-refractivity contribution in [3.8, 4) is 5.75 Å². The van der Waals surface area contributed by atoms with Crippen molar-refractivity contribution in [2.75, 3.05) is 0 Å². The maximum Gasteiger partial charge on any atom is 0.303 e. The molecule has 3 aromatic carbocycles. The van der Waals surface area contributed by atoms with Crippen LogP contribution in [0, 0.1) is 0 Å². The number of hydrogen-bond acceptors (Lipinski definition) is 3. The Labute approximate surface area is 141 Å². The van der Waals surface area contributed by atoms with Gasteiger partial charge in [0.25, 0.3) is 0 Å². The van der Waals surface area contributed by atoms with Crippen LogP contribution in [0.1, 0.15) is 31.1 Å². The molecule has 3 heteroatoms. The van der Waals surface area contributed by atoms with Gasteiger partial charge in [-0.15, -0.1) is 0 Å². The zero-order valence-electron chi connectivity index (χ0n) is 13.9. The quantitative estimate of drug-likeness (QED) is 0.618. The molecule has 0 fully saturated rings. The van der Waals surface area contributed by atoms with Gasteiger partial charge in [0.2, 0.25) is 0 Å². The molecule has 0 amide bonds. The first-order valence-corrected chi connectivity index (χ1v) is 7.99. The second-order valence-electron chi connectivity index (χ2n) is 5.79. The van der Waals surface area contributed by atoms with E-state index in [0.717, 1.165) is 27.6 Å². The van der Waals surface area contributed by atoms with Crippen LogP contribution in [0.25, 0.3) is 10.8 Å². The number of rotatable bonds is 5. The molecule has 0 aliphatic carbocycles. The highest BCUT2D eigenvalue weighted by molar-refractivity contribution is 5.84. The fourth-order valence-corrected chi connectivity index (χ4v) is 2.64. The minimum Gasteiger partial charge on any atom is -0.489 e. The average Bonchev–Trinajstić information content (AvgIpc) is 2.59. The fourth-order valence-electron chi connectivity index (χ4n) is 2.64. The van der Waals surface area contributed by atoms with Gasteiger partial charge < -0.3 is 9.47 Å². The molecular weight excluding hydrogens is 300 g/mol. The van der Waals surface area contributed by atoms with E-state index in [2.05, 4.69) is 0 Å². The third-order valence-corrected chi connectivity index (χ3v) is 3.90. The molecule has 3 aromatic rings. The largest absolute Gasteiger partial charge is 0.489 e. The van der Waals surface area contributed by atoms with Crippen LogP contribution >= 0.6 is 0 Å². The predicted molar refractivity (Wildman–Crippen MR) is 94.9 cm³/mol. The third kappa shape index (κ3) is 3.93. The van der Waals surface area contributed by atoms with Crippen molar-refractivity contribution in [3.05, 3.63) is 77.9 Å². The van der Waals surface area contributed by atoms with Gasteiger partial charge in [-0.25, -0.2) is 0 Å². The van der Waals surface area contributed by atoms with E-state index in [1.807, 2.05) is 73.7 Å². The number of ether oxygens (including phenoxy) is 2. The van der Waals surface area contributed by atoms with Crippen LogP contribution in [0.15, 0.2) is 66.7 Å². The van der Waals surface area contributed by atoms with Gasteiger partial charge in [0.15, 0.2) is 0 Å². The van der Waals surface area contributed by atoms with Crippen LogP contribution < -0.4 is 4.74 Å². The lowest BCUT2D eigenvalue weighted by Gasteiger charge is -2.13. The number of esters is 1. The smallest absolute Gasteiger partial charge is 0.303 e. The summed E-state index contributed by atoms with van der Waals surface area (Å²) in [7, 11) is 0. The Kier molecular flexibility index (Phi) is 4.80. The molecule has 0 aliphatic rings. The molecule has 0 spiro atoms. The number of hydrogen-bond donors (Lipinski definition) is 0. The predicted octanol–water partition coefficient (Wildman–Crippen LogP) is 5.04. The van der Waals surface area contributed by atoms with Crippen LogP contribution in [0.2, 0.25) is 0 Å². The first-order valence-electron chi connectivity index (χ1n) is 7.99. The first-order chi connectivity index (χ1) is 11.6. The van der Waals surface area contributed by atoms with Crippen molar-refractivity contribution < 1.29 is 14.3 Å². The van der Waals surface area contributed by atoms with E-state index in [1.165, 1.54) is 6.92 Å². The van der Waals surface area contributed by atoms with Gasteiger partial charge in [0, 0.05) is 6.92 Å². The summed E-state index contributed by atoms with van der Waals surface area (Å²) in [6.07, 6.45) is -0.249. The van der Waals surface area contributed by atoms with Gasteiger partial charge in [-0.05, 0) is 47.0 Å². The van der Waals surface area contributed by atoms with E-state index < -0.39 is 0 Å². The lowest BCUT2D eigenvalue weighted by atomic mass is 10.0. The van der Waals surface area contributed by atoms with Crippen LogP contribution in [-0.2, 0) is 16.1 Å². The number of benzene rings is 3. The summed E-state index contributed by atoms with van der Waals surface area (Å²) >= 11 is 0. The van der Waals surface area contributed by atoms with Crippen molar-refractivity contribution in [3.63, 3.8) is 0 Å². The molecule has 122 valence electrons. The molecule has 0 radical (unpaired) electrons. The summed E-state index contributed by atoms with van der Waals surface area (Å²) in [6, 6.07) is 22.2. The van der Waals surface area contributed by atoms with E-state index in [-0.39, 0.29) is 12.1 Å². The maximum absolute atomic E-state index is 11.1. The van der Waals surface area contributed by atoms with E-state index >= 15 is 0 Å². The van der Waals surface area contributed by atoms with Gasteiger partial charge in [0.05, 0.1) is 0 Å². The third-order valence-electron chi connectivity index (χ3n) is 3.90. The normalized spacial score (nSPS) is 11.9. The molecule has 0 saturated heterocycles. The van der Waals surface area contributed by atoms with Crippen LogP contribution in [0.3, 0.4) is 0 Å². The van der Waals surface area contributed by atoms with E-state index in [4.69, 9.17) is 9.47 Å². The molecule has 3 nitrogen and oxygen atoms in total. The van der Waals surface area contributed by atoms with Gasteiger partial charge in [0.1, 0.15) is 18.5 Å². The van der Waals surface area contributed by atoms with Crippen LogP contribution in [0.5, 0.6) is 5.75 Å². The summed E-state index contributed by atoms with van der Waals surface area (Å²) in [6.45, 7) is 3.85. The highest BCUT2D eigenvalue weighted by Crippen LogP contribution is 2.26. The lowest BCUT2D eigenvalue weighted by molar-refractivity contribution is -0.145. The molecule has 3 rings (SSSR count). The standard InChI is InChI=1S/C21H20O3/c1-15(24-16(2)22)18-8-9-20-13-21(11-10-19(20)12-18)23-14-17-6-4-3-5-7-17/h3-13,15H,14H2,1-2H3. The van der Waals surface area contributed by atoms with E-state index in [0.29, 0.717) is 6.61 Å². The van der Waals surface area contributed by atoms with Crippen molar-refractivity contribution in [1.29, 1.82) is 0 Å². The fraction of sp³-hybridized carbons (Fsp3) is 0.190. The molecule has 1 atom stereocenters. The molecule has 24 heavy (non-hydrogen) atoms. The Morgan fingerprint density at radius 3 is 2.42 bits per heavy atom. The van der Waals surface area contributed by atoms with Gasteiger partial charge in [-0.3, -0.25) is 4.79 Å². The van der Waals surface area contributed by atoms with Gasteiger partial charge in [-0.2, -0.15) is 0 Å². The Morgan fingerprint density at radius 1 is 0.958 bits per heavy atom. The Balaban J connectivity index is 1.75. The topological polar surface area (TPSA) is 35.5 Å². The van der Waals surface area contributed by atoms with Crippen molar-refractivity contribution in [2.24, 2.45) is 0 Å². The number of carbonyl (C=O) groups excluding carboxylic acids is 1. The monoisotopic (exact) mass is 320 g/mol. The number of fused-ring (bicyclic) bond motifs is 1. The summed E-state index contributed by atoms with van der Waals surface area (Å²) in [5.41, 5.74) is 2.12. The van der Waals surface area contributed by atoms with Crippen LogP contribution in [0.4, 0.5) is 0 Å². The van der Waals surface area contributed by atoms with E-state index in [9.17, 15) is 4.79 Å². The summed E-state index contributed by atoms with van der Waals surface area (Å²) in [4.78, 5) is 11.1. The molecular formula is C21H20O3. The van der Waals surface area contributed by atoms with Gasteiger partial charge in [-0.1, -0.05) is 48.5 Å². The van der Waals surface area contributed by atoms with Crippen molar-refractivity contribution in [2.45, 2.75) is 26.6 Å². The Bertz CT molecular complexity index is 840. The average molecular weight is 320 g/mol. The summed E-state index contributed by atoms with van der Waals surface area (Å²) in [5.74, 6) is 0.569.